The Morgan fingerprint density at radius 1 is 1.26 bits per heavy atom. The van der Waals surface area contributed by atoms with Gasteiger partial charge in [-0.1, -0.05) is 23.7 Å². The first-order chi connectivity index (χ1) is 16.9. The van der Waals surface area contributed by atoms with Crippen molar-refractivity contribution in [1.82, 2.24) is 20.6 Å². The number of carbonyl (C=O) groups is 3. The van der Waals surface area contributed by atoms with Crippen molar-refractivity contribution in [3.63, 3.8) is 0 Å². The van der Waals surface area contributed by atoms with Gasteiger partial charge in [-0.05, 0) is 49.1 Å². The third-order valence-electron chi connectivity index (χ3n) is 6.47. The summed E-state index contributed by atoms with van der Waals surface area (Å²) in [6, 6.07) is 9.81. The van der Waals surface area contributed by atoms with Crippen molar-refractivity contribution in [1.29, 1.82) is 0 Å². The lowest BCUT2D eigenvalue weighted by Gasteiger charge is -2.30. The number of thiazole rings is 1. The van der Waals surface area contributed by atoms with Crippen molar-refractivity contribution < 1.29 is 19.1 Å². The van der Waals surface area contributed by atoms with Crippen LogP contribution in [0.5, 0.6) is 0 Å². The molecule has 3 unspecified atom stereocenters. The summed E-state index contributed by atoms with van der Waals surface area (Å²) in [6.07, 6.45) is 5.28. The molecular formula is C25H23ClN4O4S. The zero-order chi connectivity index (χ0) is 24.4. The lowest BCUT2D eigenvalue weighted by Crippen LogP contribution is -2.60. The highest BCUT2D eigenvalue weighted by Crippen LogP contribution is 2.38. The molecule has 3 aromatic rings. The third kappa shape index (κ3) is 4.84. The molecule has 1 aliphatic carbocycles. The van der Waals surface area contributed by atoms with Crippen molar-refractivity contribution in [2.45, 2.75) is 43.4 Å². The van der Waals surface area contributed by atoms with Gasteiger partial charge < -0.3 is 15.4 Å². The molecular weight excluding hydrogens is 488 g/mol. The van der Waals surface area contributed by atoms with Gasteiger partial charge in [0, 0.05) is 34.8 Å². The molecule has 2 amide bonds. The second-order valence-electron chi connectivity index (χ2n) is 8.71. The van der Waals surface area contributed by atoms with E-state index < -0.39 is 23.4 Å². The van der Waals surface area contributed by atoms with Gasteiger partial charge in [0.05, 0.1) is 6.10 Å². The molecule has 1 saturated carbocycles. The maximum absolute atomic E-state index is 13.5. The number of rotatable bonds is 7. The lowest BCUT2D eigenvalue weighted by atomic mass is 9.91. The minimum Gasteiger partial charge on any atom is -0.367 e. The van der Waals surface area contributed by atoms with Crippen LogP contribution >= 0.6 is 22.9 Å². The van der Waals surface area contributed by atoms with Gasteiger partial charge in [-0.2, -0.15) is 0 Å². The molecule has 35 heavy (non-hydrogen) atoms. The first kappa shape index (κ1) is 23.6. The fourth-order valence-corrected chi connectivity index (χ4v) is 5.56. The number of fused-ring (bicyclic) bond motifs is 1. The Bertz CT molecular complexity index is 1250. The molecule has 2 fully saturated rings. The SMILES string of the molecule is O=C(NC(Cc1ccc(Cl)cc1)C(=O)NC12CCCC1OCC2=O)c1csc(-c2cccnc2)n1. The van der Waals surface area contributed by atoms with Crippen LogP contribution in [0, 0.1) is 0 Å². The Labute approximate surface area is 211 Å². The van der Waals surface area contributed by atoms with Crippen LogP contribution in [0.25, 0.3) is 10.6 Å². The minimum atomic E-state index is -1.02. The molecule has 180 valence electrons. The highest BCUT2D eigenvalue weighted by Gasteiger charge is 2.55. The van der Waals surface area contributed by atoms with Gasteiger partial charge >= 0.3 is 0 Å². The largest absolute Gasteiger partial charge is 0.367 e. The number of benzene rings is 1. The van der Waals surface area contributed by atoms with E-state index in [1.165, 1.54) is 11.3 Å². The van der Waals surface area contributed by atoms with Gasteiger partial charge in [0.25, 0.3) is 5.91 Å². The smallest absolute Gasteiger partial charge is 0.271 e. The molecule has 0 radical (unpaired) electrons. The summed E-state index contributed by atoms with van der Waals surface area (Å²) in [5, 5.41) is 8.64. The van der Waals surface area contributed by atoms with Gasteiger partial charge in [0.2, 0.25) is 5.91 Å². The Morgan fingerprint density at radius 2 is 2.09 bits per heavy atom. The molecule has 5 rings (SSSR count). The standard InChI is InChI=1S/C25H23ClN4O4S/c26-17-7-5-15(6-8-17)11-18(23(33)30-25-9-1-4-21(25)34-13-20(25)31)28-22(32)19-14-35-24(29-19)16-3-2-10-27-12-16/h2-3,5-8,10,12,14,18,21H,1,4,9,11,13H2,(H,28,32)(H,30,33). The van der Waals surface area contributed by atoms with Gasteiger partial charge in [0.1, 0.15) is 28.9 Å². The van der Waals surface area contributed by atoms with E-state index in [2.05, 4.69) is 20.6 Å². The topological polar surface area (TPSA) is 110 Å². The number of Topliss-reactive ketones (excluding diaryl/α,β-unsaturated/α-hetero) is 1. The summed E-state index contributed by atoms with van der Waals surface area (Å²) < 4.78 is 5.62. The molecule has 2 aliphatic rings. The number of ketones is 1. The first-order valence-corrected chi connectivity index (χ1v) is 12.6. The van der Waals surface area contributed by atoms with Crippen LogP contribution in [-0.4, -0.2) is 51.9 Å². The molecule has 0 spiro atoms. The van der Waals surface area contributed by atoms with E-state index in [0.717, 1.165) is 24.0 Å². The molecule has 0 bridgehead atoms. The second kappa shape index (κ2) is 9.85. The van der Waals surface area contributed by atoms with Gasteiger partial charge in [-0.15, -0.1) is 11.3 Å². The molecule has 3 heterocycles. The maximum Gasteiger partial charge on any atom is 0.271 e. The summed E-state index contributed by atoms with van der Waals surface area (Å²) >= 11 is 7.33. The molecule has 1 saturated heterocycles. The van der Waals surface area contributed by atoms with Crippen LogP contribution in [0.4, 0.5) is 0 Å². The number of hydrogen-bond donors (Lipinski definition) is 2. The molecule has 2 aromatic heterocycles. The van der Waals surface area contributed by atoms with Gasteiger partial charge in [0.15, 0.2) is 5.78 Å². The van der Waals surface area contributed by atoms with E-state index in [1.807, 2.05) is 6.07 Å². The van der Waals surface area contributed by atoms with Crippen molar-refractivity contribution in [2.24, 2.45) is 0 Å². The van der Waals surface area contributed by atoms with Gasteiger partial charge in [-0.25, -0.2) is 4.98 Å². The number of nitrogens with zero attached hydrogens (tertiary/aromatic N) is 2. The number of pyridine rings is 1. The summed E-state index contributed by atoms with van der Waals surface area (Å²) in [5.41, 5.74) is 0.811. The second-order valence-corrected chi connectivity index (χ2v) is 10.0. The molecule has 2 N–H and O–H groups in total. The summed E-state index contributed by atoms with van der Waals surface area (Å²) in [5.74, 6) is -1.02. The van der Waals surface area contributed by atoms with Crippen molar-refractivity contribution >= 4 is 40.5 Å². The van der Waals surface area contributed by atoms with E-state index in [9.17, 15) is 14.4 Å². The Morgan fingerprint density at radius 3 is 2.86 bits per heavy atom. The van der Waals surface area contributed by atoms with Crippen LogP contribution in [-0.2, 0) is 20.7 Å². The lowest BCUT2D eigenvalue weighted by molar-refractivity contribution is -0.131. The zero-order valence-electron chi connectivity index (χ0n) is 18.7. The van der Waals surface area contributed by atoms with Crippen LogP contribution in [0.2, 0.25) is 5.02 Å². The highest BCUT2D eigenvalue weighted by molar-refractivity contribution is 7.13. The van der Waals surface area contributed by atoms with Crippen LogP contribution < -0.4 is 10.6 Å². The summed E-state index contributed by atoms with van der Waals surface area (Å²) in [6.45, 7) is -0.00486. The predicted octanol–water partition coefficient (Wildman–Crippen LogP) is 3.21. The summed E-state index contributed by atoms with van der Waals surface area (Å²) in [4.78, 5) is 47.7. The molecule has 3 atom stereocenters. The van der Waals surface area contributed by atoms with Crippen molar-refractivity contribution in [3.8, 4) is 10.6 Å². The average molecular weight is 511 g/mol. The number of hydrogen-bond acceptors (Lipinski definition) is 7. The quantitative estimate of drug-likeness (QED) is 0.505. The molecule has 1 aromatic carbocycles. The number of nitrogens with one attached hydrogen (secondary N) is 2. The minimum absolute atomic E-state index is 0.00486. The first-order valence-electron chi connectivity index (χ1n) is 11.3. The van der Waals surface area contributed by atoms with Crippen LogP contribution in [0.3, 0.4) is 0 Å². The fourth-order valence-electron chi connectivity index (χ4n) is 4.64. The Balaban J connectivity index is 1.36. The van der Waals surface area contributed by atoms with Crippen molar-refractivity contribution in [3.05, 3.63) is 70.5 Å². The number of carbonyl (C=O) groups excluding carboxylic acids is 3. The number of ether oxygens (including phenoxy) is 1. The number of halogens is 1. The zero-order valence-corrected chi connectivity index (χ0v) is 20.3. The van der Waals surface area contributed by atoms with E-state index in [4.69, 9.17) is 16.3 Å². The van der Waals surface area contributed by atoms with Crippen LogP contribution in [0.15, 0.2) is 54.2 Å². The summed E-state index contributed by atoms with van der Waals surface area (Å²) in [7, 11) is 0. The van der Waals surface area contributed by atoms with Crippen LogP contribution in [0.1, 0.15) is 35.3 Å². The molecule has 1 aliphatic heterocycles. The maximum atomic E-state index is 13.5. The van der Waals surface area contributed by atoms with E-state index >= 15 is 0 Å². The van der Waals surface area contributed by atoms with Crippen molar-refractivity contribution in [2.75, 3.05) is 6.61 Å². The molecule has 10 heteroatoms. The fraction of sp³-hybridized carbons (Fsp3) is 0.320. The van der Waals surface area contributed by atoms with E-state index in [1.54, 1.807) is 48.1 Å². The van der Waals surface area contributed by atoms with E-state index in [0.29, 0.717) is 16.5 Å². The molecule has 8 nitrogen and oxygen atoms in total. The monoisotopic (exact) mass is 510 g/mol. The van der Waals surface area contributed by atoms with E-state index in [-0.39, 0.29) is 30.6 Å². The number of aromatic nitrogens is 2. The third-order valence-corrected chi connectivity index (χ3v) is 7.61. The average Bonchev–Trinajstić information content (AvgIpc) is 3.58. The normalized spacial score (nSPS) is 22.0. The van der Waals surface area contributed by atoms with Gasteiger partial charge in [-0.3, -0.25) is 19.4 Å². The number of amides is 2. The predicted molar refractivity (Wildman–Crippen MR) is 131 cm³/mol. The Hall–Kier alpha value is -3.14. The highest BCUT2D eigenvalue weighted by atomic mass is 35.5. The Kier molecular flexibility index (Phi) is 6.64.